The molecule has 0 spiro atoms. The molecule has 0 saturated heterocycles. The first-order chi connectivity index (χ1) is 5.74. The van der Waals surface area contributed by atoms with Crippen LogP contribution in [0.3, 0.4) is 0 Å². The number of aromatic hydroxyl groups is 1. The van der Waals surface area contributed by atoms with Crippen LogP contribution in [0.1, 0.15) is 5.56 Å². The lowest BCUT2D eigenvalue weighted by Gasteiger charge is -1.84. The van der Waals surface area contributed by atoms with Crippen LogP contribution in [0.5, 0.6) is 5.75 Å². The molecule has 0 atom stereocenters. The molecule has 0 bridgehead atoms. The topological polar surface area (TPSA) is 37.3 Å². The quantitative estimate of drug-likeness (QED) is 0.620. The predicted octanol–water partition coefficient (Wildman–Crippen LogP) is 0.928. The molecule has 0 aromatic heterocycles. The summed E-state index contributed by atoms with van der Waals surface area (Å²) >= 11 is 0. The Morgan fingerprint density at radius 1 is 1.33 bits per heavy atom. The van der Waals surface area contributed by atoms with E-state index in [1.807, 2.05) is 0 Å². The first-order valence-corrected chi connectivity index (χ1v) is 3.49. The van der Waals surface area contributed by atoms with Crippen LogP contribution in [0.25, 0.3) is 0 Å². The van der Waals surface area contributed by atoms with Gasteiger partial charge in [-0.1, -0.05) is 12.1 Å². The van der Waals surface area contributed by atoms with Crippen LogP contribution in [0.4, 0.5) is 0 Å². The molecule has 12 heavy (non-hydrogen) atoms. The molecule has 60 valence electrons. The van der Waals surface area contributed by atoms with E-state index < -0.39 is 5.43 Å². The Morgan fingerprint density at radius 3 is 2.67 bits per heavy atom. The van der Waals surface area contributed by atoms with Gasteiger partial charge in [0.1, 0.15) is 0 Å². The van der Waals surface area contributed by atoms with E-state index in [0.29, 0.717) is 6.42 Å². The van der Waals surface area contributed by atoms with Gasteiger partial charge in [-0.25, -0.2) is 0 Å². The molecule has 1 rings (SSSR count). The fourth-order valence-electron chi connectivity index (χ4n) is 0.827. The maximum atomic E-state index is 10.9. The minimum atomic E-state index is -0.390. The van der Waals surface area contributed by atoms with E-state index in [9.17, 15) is 4.79 Å². The molecule has 0 aliphatic rings. The summed E-state index contributed by atoms with van der Waals surface area (Å²) in [6.07, 6.45) is 5.55. The third-order valence-corrected chi connectivity index (χ3v) is 1.46. The lowest BCUT2D eigenvalue weighted by atomic mass is 10.2. The van der Waals surface area contributed by atoms with Crippen LogP contribution in [0.15, 0.2) is 29.1 Å². The molecule has 2 heteroatoms. The van der Waals surface area contributed by atoms with E-state index in [2.05, 4.69) is 5.92 Å². The Bertz CT molecular complexity index is 374. The SMILES string of the molecule is C#CCc1ccc(O)c(=O)cc1. The molecule has 0 unspecified atom stereocenters. The van der Waals surface area contributed by atoms with Crippen molar-refractivity contribution in [3.8, 4) is 18.1 Å². The summed E-state index contributed by atoms with van der Waals surface area (Å²) < 4.78 is 0. The second-order valence-electron chi connectivity index (χ2n) is 2.37. The molecule has 1 N–H and O–H groups in total. The Hall–Kier alpha value is -1.75. The molecule has 2 nitrogen and oxygen atoms in total. The van der Waals surface area contributed by atoms with Gasteiger partial charge in [0.05, 0.1) is 0 Å². The summed E-state index contributed by atoms with van der Waals surface area (Å²) in [5.41, 5.74) is 0.452. The maximum absolute atomic E-state index is 10.9. The Balaban J connectivity index is 3.19. The summed E-state index contributed by atoms with van der Waals surface area (Å²) in [4.78, 5) is 10.9. The first kappa shape index (κ1) is 8.35. The summed E-state index contributed by atoms with van der Waals surface area (Å²) in [5.74, 6) is 2.20. The van der Waals surface area contributed by atoms with Crippen molar-refractivity contribution in [2.45, 2.75) is 6.42 Å². The van der Waals surface area contributed by atoms with Crippen molar-refractivity contribution in [2.75, 3.05) is 0 Å². The molecule has 0 aliphatic carbocycles. The van der Waals surface area contributed by atoms with Gasteiger partial charge in [0.15, 0.2) is 5.75 Å². The van der Waals surface area contributed by atoms with Crippen LogP contribution >= 0.6 is 0 Å². The van der Waals surface area contributed by atoms with Crippen molar-refractivity contribution in [3.05, 3.63) is 40.1 Å². The van der Waals surface area contributed by atoms with E-state index in [-0.39, 0.29) is 5.75 Å². The summed E-state index contributed by atoms with van der Waals surface area (Å²) in [7, 11) is 0. The van der Waals surface area contributed by atoms with Crippen LogP contribution in [-0.2, 0) is 6.42 Å². The fraction of sp³-hybridized carbons (Fsp3) is 0.100. The van der Waals surface area contributed by atoms with Gasteiger partial charge in [-0.2, -0.15) is 0 Å². The van der Waals surface area contributed by atoms with Gasteiger partial charge in [0.25, 0.3) is 0 Å². The van der Waals surface area contributed by atoms with E-state index in [1.165, 1.54) is 12.1 Å². The van der Waals surface area contributed by atoms with Gasteiger partial charge >= 0.3 is 0 Å². The summed E-state index contributed by atoms with van der Waals surface area (Å²) in [6, 6.07) is 5.91. The monoisotopic (exact) mass is 160 g/mol. The number of rotatable bonds is 1. The largest absolute Gasteiger partial charge is 0.504 e. The third-order valence-electron chi connectivity index (χ3n) is 1.46. The first-order valence-electron chi connectivity index (χ1n) is 3.49. The summed E-state index contributed by atoms with van der Waals surface area (Å²) in [5, 5.41) is 9.01. The van der Waals surface area contributed by atoms with Gasteiger partial charge in [0, 0.05) is 6.42 Å². The Labute approximate surface area is 70.5 Å². The standard InChI is InChI=1S/C10H8O2/c1-2-3-8-4-6-9(11)10(12)7-5-8/h1,4-7H,3H2,(H,11,12). The predicted molar refractivity (Wildman–Crippen MR) is 46.9 cm³/mol. The number of hydrogen-bond donors (Lipinski definition) is 1. The lowest BCUT2D eigenvalue weighted by Crippen LogP contribution is -1.91. The second-order valence-corrected chi connectivity index (χ2v) is 2.37. The summed E-state index contributed by atoms with van der Waals surface area (Å²) in [6.45, 7) is 0. The zero-order valence-corrected chi connectivity index (χ0v) is 6.45. The van der Waals surface area contributed by atoms with Crippen molar-refractivity contribution in [3.63, 3.8) is 0 Å². The Kier molecular flexibility index (Phi) is 2.49. The van der Waals surface area contributed by atoms with E-state index in [1.54, 1.807) is 12.1 Å². The van der Waals surface area contributed by atoms with Crippen LogP contribution in [0, 0.1) is 12.3 Å². The smallest absolute Gasteiger partial charge is 0.220 e. The van der Waals surface area contributed by atoms with Gasteiger partial charge in [-0.05, 0) is 17.7 Å². The molecular formula is C10H8O2. The highest BCUT2D eigenvalue weighted by molar-refractivity contribution is 5.25. The van der Waals surface area contributed by atoms with E-state index in [4.69, 9.17) is 11.5 Å². The number of hydrogen-bond acceptors (Lipinski definition) is 2. The fourth-order valence-corrected chi connectivity index (χ4v) is 0.827. The van der Waals surface area contributed by atoms with Crippen molar-refractivity contribution >= 4 is 0 Å². The molecular weight excluding hydrogens is 152 g/mol. The molecule has 0 radical (unpaired) electrons. The van der Waals surface area contributed by atoms with Crippen molar-refractivity contribution in [2.24, 2.45) is 0 Å². The van der Waals surface area contributed by atoms with E-state index in [0.717, 1.165) is 5.56 Å². The second kappa shape index (κ2) is 3.59. The highest BCUT2D eigenvalue weighted by Crippen LogP contribution is 2.01. The van der Waals surface area contributed by atoms with Gasteiger partial charge in [0.2, 0.25) is 5.43 Å². The van der Waals surface area contributed by atoms with E-state index >= 15 is 0 Å². The highest BCUT2D eigenvalue weighted by Gasteiger charge is 1.92. The average Bonchev–Trinajstić information content (AvgIpc) is 2.20. The Morgan fingerprint density at radius 2 is 2.00 bits per heavy atom. The molecule has 0 fully saturated rings. The zero-order valence-electron chi connectivity index (χ0n) is 6.45. The number of terminal acetylenes is 1. The zero-order chi connectivity index (χ0) is 8.97. The maximum Gasteiger partial charge on any atom is 0.220 e. The van der Waals surface area contributed by atoms with Crippen LogP contribution in [0.2, 0.25) is 0 Å². The molecule has 1 aromatic carbocycles. The van der Waals surface area contributed by atoms with Gasteiger partial charge < -0.3 is 5.11 Å². The minimum absolute atomic E-state index is 0.252. The molecule has 0 heterocycles. The molecule has 0 saturated carbocycles. The average molecular weight is 160 g/mol. The molecule has 0 aliphatic heterocycles. The van der Waals surface area contributed by atoms with Gasteiger partial charge in [-0.15, -0.1) is 12.3 Å². The third kappa shape index (κ3) is 1.86. The molecule has 1 aromatic rings. The van der Waals surface area contributed by atoms with Crippen LogP contribution in [-0.4, -0.2) is 5.11 Å². The van der Waals surface area contributed by atoms with Crippen molar-refractivity contribution < 1.29 is 5.11 Å². The van der Waals surface area contributed by atoms with Gasteiger partial charge in [-0.3, -0.25) is 4.79 Å². The normalized spacial score (nSPS) is 8.92. The van der Waals surface area contributed by atoms with Crippen molar-refractivity contribution in [1.82, 2.24) is 0 Å². The molecule has 0 amide bonds. The highest BCUT2D eigenvalue weighted by atomic mass is 16.3. The van der Waals surface area contributed by atoms with Crippen molar-refractivity contribution in [1.29, 1.82) is 0 Å². The minimum Gasteiger partial charge on any atom is -0.504 e. The van der Waals surface area contributed by atoms with Crippen LogP contribution < -0.4 is 5.43 Å². The lowest BCUT2D eigenvalue weighted by molar-refractivity contribution is 0.471.